The normalized spacial score (nSPS) is 22.1. The summed E-state index contributed by atoms with van der Waals surface area (Å²) in [6, 6.07) is 6.85. The number of rotatable bonds is 9. The van der Waals surface area contributed by atoms with E-state index >= 15 is 0 Å². The molecule has 0 heterocycles. The van der Waals surface area contributed by atoms with E-state index in [0.717, 1.165) is 25.8 Å². The Labute approximate surface area is 155 Å². The monoisotopic (exact) mass is 358 g/mol. The highest BCUT2D eigenvalue weighted by molar-refractivity contribution is 5.76. The van der Waals surface area contributed by atoms with Crippen LogP contribution in [0.3, 0.4) is 0 Å². The summed E-state index contributed by atoms with van der Waals surface area (Å²) in [6.45, 7) is 5.18. The second-order valence-corrected chi connectivity index (χ2v) is 8.09. The average Bonchev–Trinajstić information content (AvgIpc) is 3.32. The van der Waals surface area contributed by atoms with Crippen LogP contribution in [-0.2, 0) is 16.0 Å². The highest BCUT2D eigenvalue weighted by Gasteiger charge is 2.37. The standard InChI is InChI=1S/C21H30N2O3/c1-14-3-6-17(15(2)9-14)7-8-20(24)22-18-10-19(11-18)23(13-21(25)26)12-16-4-5-16/h3,6,9,16,18-19H,4-5,7-8,10-13H2,1-2H3,(H,22,24)(H,25,26). The zero-order chi connectivity index (χ0) is 18.7. The number of amides is 1. The predicted octanol–water partition coefficient (Wildman–Crippen LogP) is 2.68. The minimum atomic E-state index is -0.758. The molecule has 2 aliphatic rings. The van der Waals surface area contributed by atoms with Crippen LogP contribution < -0.4 is 5.32 Å². The van der Waals surface area contributed by atoms with Crippen LogP contribution in [0.4, 0.5) is 0 Å². The summed E-state index contributed by atoms with van der Waals surface area (Å²) in [5.41, 5.74) is 3.72. The molecular weight excluding hydrogens is 328 g/mol. The molecule has 142 valence electrons. The fourth-order valence-electron chi connectivity index (χ4n) is 3.83. The molecule has 1 aromatic carbocycles. The van der Waals surface area contributed by atoms with Gasteiger partial charge in [0.1, 0.15) is 0 Å². The number of carboxylic acid groups (broad SMARTS) is 1. The fourth-order valence-corrected chi connectivity index (χ4v) is 3.83. The molecule has 5 heteroatoms. The Morgan fingerprint density at radius 1 is 1.23 bits per heavy atom. The average molecular weight is 358 g/mol. The topological polar surface area (TPSA) is 69.6 Å². The lowest BCUT2D eigenvalue weighted by Crippen LogP contribution is -2.55. The number of hydrogen-bond donors (Lipinski definition) is 2. The van der Waals surface area contributed by atoms with Crippen molar-refractivity contribution < 1.29 is 14.7 Å². The molecule has 0 aliphatic heterocycles. The van der Waals surface area contributed by atoms with Crippen LogP contribution in [0.15, 0.2) is 18.2 Å². The van der Waals surface area contributed by atoms with Crippen molar-refractivity contribution in [3.8, 4) is 0 Å². The Bertz CT molecular complexity index is 663. The van der Waals surface area contributed by atoms with Gasteiger partial charge in [-0.15, -0.1) is 0 Å². The lowest BCUT2D eigenvalue weighted by molar-refractivity contribution is -0.140. The van der Waals surface area contributed by atoms with Crippen molar-refractivity contribution in [2.45, 2.75) is 64.5 Å². The molecule has 0 atom stereocenters. The van der Waals surface area contributed by atoms with E-state index in [0.29, 0.717) is 18.4 Å². The summed E-state index contributed by atoms with van der Waals surface area (Å²) in [4.78, 5) is 25.4. The first-order chi connectivity index (χ1) is 12.4. The summed E-state index contributed by atoms with van der Waals surface area (Å²) < 4.78 is 0. The van der Waals surface area contributed by atoms with Crippen LogP contribution in [0.25, 0.3) is 0 Å². The summed E-state index contributed by atoms with van der Waals surface area (Å²) in [5, 5.41) is 12.2. The van der Waals surface area contributed by atoms with Gasteiger partial charge >= 0.3 is 5.97 Å². The molecule has 2 N–H and O–H groups in total. The van der Waals surface area contributed by atoms with Gasteiger partial charge in [0.15, 0.2) is 0 Å². The Morgan fingerprint density at radius 2 is 1.96 bits per heavy atom. The Kier molecular flexibility index (Phi) is 5.97. The third-order valence-corrected chi connectivity index (χ3v) is 5.64. The number of carboxylic acids is 1. The quantitative estimate of drug-likeness (QED) is 0.712. The van der Waals surface area contributed by atoms with E-state index in [1.807, 2.05) is 0 Å². The molecule has 0 bridgehead atoms. The number of carbonyl (C=O) groups excluding carboxylic acids is 1. The minimum Gasteiger partial charge on any atom is -0.480 e. The number of hydrogen-bond acceptors (Lipinski definition) is 3. The van der Waals surface area contributed by atoms with Crippen LogP contribution >= 0.6 is 0 Å². The van der Waals surface area contributed by atoms with Crippen LogP contribution in [0.1, 0.15) is 48.8 Å². The first-order valence-electron chi connectivity index (χ1n) is 9.72. The molecule has 5 nitrogen and oxygen atoms in total. The molecule has 0 aromatic heterocycles. The van der Waals surface area contributed by atoms with E-state index in [1.165, 1.54) is 29.5 Å². The number of nitrogens with one attached hydrogen (secondary N) is 1. The van der Waals surface area contributed by atoms with Crippen LogP contribution in [0.2, 0.25) is 0 Å². The molecule has 2 fully saturated rings. The Balaban J connectivity index is 1.40. The minimum absolute atomic E-state index is 0.0976. The molecule has 26 heavy (non-hydrogen) atoms. The van der Waals surface area contributed by atoms with Crippen molar-refractivity contribution in [3.63, 3.8) is 0 Å². The molecule has 3 rings (SSSR count). The summed E-state index contributed by atoms with van der Waals surface area (Å²) >= 11 is 0. The largest absolute Gasteiger partial charge is 0.480 e. The van der Waals surface area contributed by atoms with Crippen LogP contribution in [-0.4, -0.2) is 47.1 Å². The van der Waals surface area contributed by atoms with Crippen molar-refractivity contribution in [2.24, 2.45) is 5.92 Å². The van der Waals surface area contributed by atoms with Crippen molar-refractivity contribution in [3.05, 3.63) is 34.9 Å². The molecule has 0 saturated heterocycles. The van der Waals surface area contributed by atoms with Crippen molar-refractivity contribution in [1.82, 2.24) is 10.2 Å². The van der Waals surface area contributed by atoms with Gasteiger partial charge in [0, 0.05) is 25.0 Å². The number of carbonyl (C=O) groups is 2. The Hall–Kier alpha value is -1.88. The molecule has 2 aliphatic carbocycles. The molecule has 1 amide bonds. The number of aliphatic carboxylic acids is 1. The molecule has 0 unspecified atom stereocenters. The van der Waals surface area contributed by atoms with Gasteiger partial charge in [0.2, 0.25) is 5.91 Å². The van der Waals surface area contributed by atoms with Crippen molar-refractivity contribution in [2.75, 3.05) is 13.1 Å². The Morgan fingerprint density at radius 3 is 2.58 bits per heavy atom. The first kappa shape index (κ1) is 18.9. The maximum atomic E-state index is 12.2. The van der Waals surface area contributed by atoms with Gasteiger partial charge in [-0.1, -0.05) is 23.8 Å². The van der Waals surface area contributed by atoms with E-state index in [-0.39, 0.29) is 18.5 Å². The highest BCUT2D eigenvalue weighted by atomic mass is 16.4. The lowest BCUT2D eigenvalue weighted by Gasteiger charge is -2.42. The van der Waals surface area contributed by atoms with Gasteiger partial charge in [-0.3, -0.25) is 14.5 Å². The van der Waals surface area contributed by atoms with Gasteiger partial charge in [-0.2, -0.15) is 0 Å². The fraction of sp³-hybridized carbons (Fsp3) is 0.619. The second-order valence-electron chi connectivity index (χ2n) is 8.09. The van der Waals surface area contributed by atoms with E-state index in [2.05, 4.69) is 42.3 Å². The predicted molar refractivity (Wildman–Crippen MR) is 101 cm³/mol. The smallest absolute Gasteiger partial charge is 0.317 e. The van der Waals surface area contributed by atoms with Crippen molar-refractivity contribution >= 4 is 11.9 Å². The lowest BCUT2D eigenvalue weighted by atomic mass is 9.85. The van der Waals surface area contributed by atoms with Gasteiger partial charge < -0.3 is 10.4 Å². The van der Waals surface area contributed by atoms with E-state index < -0.39 is 5.97 Å². The molecule has 0 radical (unpaired) electrons. The maximum Gasteiger partial charge on any atom is 0.317 e. The van der Waals surface area contributed by atoms with E-state index in [1.54, 1.807) is 0 Å². The van der Waals surface area contributed by atoms with E-state index in [4.69, 9.17) is 5.11 Å². The van der Waals surface area contributed by atoms with Gasteiger partial charge in [-0.25, -0.2) is 0 Å². The summed E-state index contributed by atoms with van der Waals surface area (Å²) in [6.07, 6.45) is 5.46. The number of nitrogens with zero attached hydrogens (tertiary/aromatic N) is 1. The third-order valence-electron chi connectivity index (χ3n) is 5.64. The van der Waals surface area contributed by atoms with Crippen molar-refractivity contribution in [1.29, 1.82) is 0 Å². The highest BCUT2D eigenvalue weighted by Crippen LogP contribution is 2.33. The number of aryl methyl sites for hydroxylation is 3. The summed E-state index contributed by atoms with van der Waals surface area (Å²) in [7, 11) is 0. The van der Waals surface area contributed by atoms with Crippen LogP contribution in [0.5, 0.6) is 0 Å². The molecule has 0 spiro atoms. The molecule has 1 aromatic rings. The zero-order valence-corrected chi connectivity index (χ0v) is 15.8. The number of benzene rings is 1. The molecular formula is C21H30N2O3. The second kappa shape index (κ2) is 8.21. The van der Waals surface area contributed by atoms with Gasteiger partial charge in [-0.05, 0) is 63.0 Å². The molecule has 2 saturated carbocycles. The van der Waals surface area contributed by atoms with Crippen LogP contribution in [0, 0.1) is 19.8 Å². The van der Waals surface area contributed by atoms with E-state index in [9.17, 15) is 9.59 Å². The first-order valence-corrected chi connectivity index (χ1v) is 9.72. The SMILES string of the molecule is Cc1ccc(CCC(=O)NC2CC(N(CC(=O)O)CC3CC3)C2)c(C)c1. The van der Waals surface area contributed by atoms with Gasteiger partial charge in [0.05, 0.1) is 6.54 Å². The maximum absolute atomic E-state index is 12.2. The van der Waals surface area contributed by atoms with Gasteiger partial charge in [0.25, 0.3) is 0 Å². The third kappa shape index (κ3) is 5.31. The zero-order valence-electron chi connectivity index (χ0n) is 15.8. The summed E-state index contributed by atoms with van der Waals surface area (Å²) in [5.74, 6) is 0.0211.